The number of hydrogen-bond acceptors (Lipinski definition) is 6. The number of thioether (sulfide) groups is 1. The number of rotatable bonds is 2. The lowest BCUT2D eigenvalue weighted by molar-refractivity contribution is 0.0774. The smallest absolute Gasteiger partial charge is 0.267 e. The van der Waals surface area contributed by atoms with Crippen LogP contribution in [0.1, 0.15) is 16.1 Å². The molecule has 0 aromatic carbocycles. The molecule has 100 valence electrons. The zero-order valence-electron chi connectivity index (χ0n) is 10.7. The predicted octanol–water partition coefficient (Wildman–Crippen LogP) is 1.37. The van der Waals surface area contributed by atoms with Crippen LogP contribution in [0.4, 0.5) is 10.9 Å². The number of amides is 1. The summed E-state index contributed by atoms with van der Waals surface area (Å²) in [6.07, 6.45) is 1.05. The zero-order chi connectivity index (χ0) is 13.1. The van der Waals surface area contributed by atoms with E-state index in [2.05, 4.69) is 4.98 Å². The Morgan fingerprint density at radius 3 is 2.83 bits per heavy atom. The number of nitrogen functional groups attached to an aromatic ring is 1. The van der Waals surface area contributed by atoms with Crippen molar-refractivity contribution in [2.75, 3.05) is 49.3 Å². The summed E-state index contributed by atoms with van der Waals surface area (Å²) in [6.45, 7) is 1.62. The summed E-state index contributed by atoms with van der Waals surface area (Å²) < 4.78 is 0. The number of thiazole rings is 1. The van der Waals surface area contributed by atoms with Crippen molar-refractivity contribution in [3.8, 4) is 0 Å². The van der Waals surface area contributed by atoms with Gasteiger partial charge < -0.3 is 15.5 Å². The predicted molar refractivity (Wildman–Crippen MR) is 78.7 cm³/mol. The van der Waals surface area contributed by atoms with E-state index in [1.807, 2.05) is 35.7 Å². The van der Waals surface area contributed by atoms with Gasteiger partial charge in [0.15, 0.2) is 5.13 Å². The molecule has 2 rings (SSSR count). The van der Waals surface area contributed by atoms with Crippen LogP contribution in [0.2, 0.25) is 0 Å². The van der Waals surface area contributed by atoms with Crippen LogP contribution in [-0.2, 0) is 0 Å². The molecule has 0 atom stereocenters. The molecule has 5 nitrogen and oxygen atoms in total. The second-order valence-electron chi connectivity index (χ2n) is 4.36. The minimum absolute atomic E-state index is 0.0283. The summed E-state index contributed by atoms with van der Waals surface area (Å²) in [5.41, 5.74) is 5.85. The SMILES string of the molecule is CN(C)c1nc(N)c(C(=O)N2CCCSCC2)s1. The Morgan fingerprint density at radius 2 is 2.17 bits per heavy atom. The highest BCUT2D eigenvalue weighted by Crippen LogP contribution is 2.28. The van der Waals surface area contributed by atoms with E-state index in [-0.39, 0.29) is 5.91 Å². The number of carbonyl (C=O) groups is 1. The molecule has 18 heavy (non-hydrogen) atoms. The Balaban J connectivity index is 2.16. The van der Waals surface area contributed by atoms with E-state index in [1.54, 1.807) is 0 Å². The molecule has 0 radical (unpaired) electrons. The van der Waals surface area contributed by atoms with Crippen molar-refractivity contribution < 1.29 is 4.79 Å². The van der Waals surface area contributed by atoms with Crippen molar-refractivity contribution in [3.05, 3.63) is 4.88 Å². The van der Waals surface area contributed by atoms with Gasteiger partial charge in [0.05, 0.1) is 0 Å². The van der Waals surface area contributed by atoms with Gasteiger partial charge in [-0.3, -0.25) is 4.79 Å². The van der Waals surface area contributed by atoms with Crippen molar-refractivity contribution in [2.24, 2.45) is 0 Å². The van der Waals surface area contributed by atoms with Crippen LogP contribution in [0.15, 0.2) is 0 Å². The zero-order valence-corrected chi connectivity index (χ0v) is 12.3. The molecular weight excluding hydrogens is 268 g/mol. The largest absolute Gasteiger partial charge is 0.382 e. The van der Waals surface area contributed by atoms with Gasteiger partial charge in [0.1, 0.15) is 10.7 Å². The molecule has 2 N–H and O–H groups in total. The van der Waals surface area contributed by atoms with Crippen LogP contribution in [0.3, 0.4) is 0 Å². The molecule has 0 spiro atoms. The number of aromatic nitrogens is 1. The maximum absolute atomic E-state index is 12.4. The molecule has 1 aromatic rings. The molecule has 1 aliphatic heterocycles. The topological polar surface area (TPSA) is 62.5 Å². The first-order chi connectivity index (χ1) is 8.59. The van der Waals surface area contributed by atoms with Crippen molar-refractivity contribution in [1.82, 2.24) is 9.88 Å². The molecule has 1 fully saturated rings. The summed E-state index contributed by atoms with van der Waals surface area (Å²) in [4.78, 5) is 21.0. The van der Waals surface area contributed by atoms with Gasteiger partial charge in [0.25, 0.3) is 5.91 Å². The molecule has 0 saturated carbocycles. The van der Waals surface area contributed by atoms with Gasteiger partial charge in [0, 0.05) is 32.9 Å². The molecule has 0 unspecified atom stereocenters. The Labute approximate surface area is 115 Å². The highest BCUT2D eigenvalue weighted by atomic mass is 32.2. The van der Waals surface area contributed by atoms with Crippen molar-refractivity contribution in [2.45, 2.75) is 6.42 Å². The maximum Gasteiger partial charge on any atom is 0.267 e. The highest BCUT2D eigenvalue weighted by Gasteiger charge is 2.23. The molecule has 7 heteroatoms. The number of hydrogen-bond donors (Lipinski definition) is 1. The third-order valence-electron chi connectivity index (χ3n) is 2.73. The second kappa shape index (κ2) is 5.79. The molecule has 2 heterocycles. The summed E-state index contributed by atoms with van der Waals surface area (Å²) >= 11 is 3.27. The van der Waals surface area contributed by atoms with E-state index in [0.717, 1.165) is 36.1 Å². The Kier molecular flexibility index (Phi) is 4.34. The minimum atomic E-state index is 0.0283. The fourth-order valence-electron chi connectivity index (χ4n) is 1.76. The normalized spacial score (nSPS) is 16.4. The van der Waals surface area contributed by atoms with E-state index in [4.69, 9.17) is 5.73 Å². The molecule has 1 saturated heterocycles. The standard InChI is InChI=1S/C11H18N4OS2/c1-14(2)11-13-9(12)8(18-11)10(16)15-4-3-6-17-7-5-15/h3-7,12H2,1-2H3. The molecule has 0 bridgehead atoms. The molecule has 0 aliphatic carbocycles. The monoisotopic (exact) mass is 286 g/mol. The number of carbonyl (C=O) groups excluding carboxylic acids is 1. The Bertz CT molecular complexity index is 425. The minimum Gasteiger partial charge on any atom is -0.382 e. The van der Waals surface area contributed by atoms with Crippen LogP contribution in [0.5, 0.6) is 0 Å². The molecule has 1 aliphatic rings. The third-order valence-corrected chi connectivity index (χ3v) is 5.00. The molecular formula is C11H18N4OS2. The molecule has 1 amide bonds. The van der Waals surface area contributed by atoms with Crippen LogP contribution in [0, 0.1) is 0 Å². The van der Waals surface area contributed by atoms with Gasteiger partial charge >= 0.3 is 0 Å². The maximum atomic E-state index is 12.4. The first-order valence-corrected chi connectivity index (χ1v) is 7.87. The van der Waals surface area contributed by atoms with Gasteiger partial charge in [-0.1, -0.05) is 11.3 Å². The summed E-state index contributed by atoms with van der Waals surface area (Å²) in [6, 6.07) is 0. The summed E-state index contributed by atoms with van der Waals surface area (Å²) in [5, 5.41) is 0.778. The number of nitrogens with zero attached hydrogens (tertiary/aromatic N) is 3. The van der Waals surface area contributed by atoms with Gasteiger partial charge in [-0.05, 0) is 12.2 Å². The summed E-state index contributed by atoms with van der Waals surface area (Å²) in [7, 11) is 3.80. The number of anilines is 2. The first-order valence-electron chi connectivity index (χ1n) is 5.90. The fourth-order valence-corrected chi connectivity index (χ4v) is 3.52. The van der Waals surface area contributed by atoms with Crippen LogP contribution in [0.25, 0.3) is 0 Å². The van der Waals surface area contributed by atoms with Gasteiger partial charge in [-0.2, -0.15) is 11.8 Å². The van der Waals surface area contributed by atoms with Gasteiger partial charge in [-0.15, -0.1) is 0 Å². The summed E-state index contributed by atoms with van der Waals surface area (Å²) in [5.74, 6) is 2.52. The second-order valence-corrected chi connectivity index (χ2v) is 6.57. The first kappa shape index (κ1) is 13.5. The van der Waals surface area contributed by atoms with Crippen LogP contribution < -0.4 is 10.6 Å². The Hall–Kier alpha value is -0.950. The Morgan fingerprint density at radius 1 is 1.39 bits per heavy atom. The average Bonchev–Trinajstić information content (AvgIpc) is 2.57. The number of nitrogens with two attached hydrogens (primary N) is 1. The average molecular weight is 286 g/mol. The van der Waals surface area contributed by atoms with E-state index in [1.165, 1.54) is 11.3 Å². The van der Waals surface area contributed by atoms with E-state index < -0.39 is 0 Å². The van der Waals surface area contributed by atoms with E-state index in [9.17, 15) is 4.79 Å². The van der Waals surface area contributed by atoms with E-state index in [0.29, 0.717) is 10.7 Å². The quantitative estimate of drug-likeness (QED) is 0.889. The molecule has 1 aromatic heterocycles. The lowest BCUT2D eigenvalue weighted by atomic mass is 10.3. The lowest BCUT2D eigenvalue weighted by Crippen LogP contribution is -2.32. The van der Waals surface area contributed by atoms with Crippen LogP contribution in [-0.4, -0.2) is 54.5 Å². The van der Waals surface area contributed by atoms with Crippen molar-refractivity contribution in [3.63, 3.8) is 0 Å². The van der Waals surface area contributed by atoms with E-state index >= 15 is 0 Å². The lowest BCUT2D eigenvalue weighted by Gasteiger charge is -2.18. The third kappa shape index (κ3) is 2.89. The highest BCUT2D eigenvalue weighted by molar-refractivity contribution is 7.99. The fraction of sp³-hybridized carbons (Fsp3) is 0.636. The van der Waals surface area contributed by atoms with Crippen molar-refractivity contribution in [1.29, 1.82) is 0 Å². The van der Waals surface area contributed by atoms with Crippen molar-refractivity contribution >= 4 is 40.0 Å². The van der Waals surface area contributed by atoms with Gasteiger partial charge in [-0.25, -0.2) is 4.98 Å². The van der Waals surface area contributed by atoms with Gasteiger partial charge in [0.2, 0.25) is 0 Å². The van der Waals surface area contributed by atoms with Crippen LogP contribution >= 0.6 is 23.1 Å².